The highest BCUT2D eigenvalue weighted by Crippen LogP contribution is 2.31. The zero-order valence-corrected chi connectivity index (χ0v) is 15.1. The number of benzene rings is 1. The van der Waals surface area contributed by atoms with Crippen molar-refractivity contribution in [3.63, 3.8) is 0 Å². The van der Waals surface area contributed by atoms with Crippen LogP contribution in [0, 0.1) is 5.41 Å². The van der Waals surface area contributed by atoms with E-state index in [9.17, 15) is 18.3 Å². The van der Waals surface area contributed by atoms with Gasteiger partial charge >= 0.3 is 0 Å². The van der Waals surface area contributed by atoms with Crippen LogP contribution in [0.1, 0.15) is 24.8 Å². The van der Waals surface area contributed by atoms with Crippen LogP contribution in [-0.2, 0) is 26.0 Å². The predicted octanol–water partition coefficient (Wildman–Crippen LogP) is 0.663. The van der Waals surface area contributed by atoms with Gasteiger partial charge in [-0.3, -0.25) is 4.79 Å². The topological polar surface area (TPSA) is 95.9 Å². The first kappa shape index (κ1) is 18.3. The monoisotopic (exact) mass is 368 g/mol. The lowest BCUT2D eigenvalue weighted by molar-refractivity contribution is -0.118. The number of amides is 1. The molecule has 2 aliphatic heterocycles. The van der Waals surface area contributed by atoms with Gasteiger partial charge in [-0.25, -0.2) is 13.1 Å². The summed E-state index contributed by atoms with van der Waals surface area (Å²) in [6, 6.07) is 4.83. The molecule has 0 atom stereocenters. The zero-order chi connectivity index (χ0) is 18.1. The largest absolute Gasteiger partial charge is 0.396 e. The van der Waals surface area contributed by atoms with E-state index in [1.165, 1.54) is 6.07 Å². The van der Waals surface area contributed by atoms with Crippen molar-refractivity contribution in [2.24, 2.45) is 5.41 Å². The highest BCUT2D eigenvalue weighted by atomic mass is 32.2. The maximum atomic E-state index is 12.7. The van der Waals surface area contributed by atoms with Crippen LogP contribution in [0.25, 0.3) is 0 Å². The number of carbonyl (C=O) groups is 1. The second kappa shape index (κ2) is 7.03. The number of fused-ring (bicyclic) bond motifs is 1. The molecule has 0 aromatic heterocycles. The maximum Gasteiger partial charge on any atom is 0.240 e. The summed E-state index contributed by atoms with van der Waals surface area (Å²) in [6.07, 6.45) is 2.18. The van der Waals surface area contributed by atoms with Gasteiger partial charge in [0.15, 0.2) is 0 Å². The fourth-order valence-electron chi connectivity index (χ4n) is 3.33. The van der Waals surface area contributed by atoms with Crippen molar-refractivity contribution in [3.05, 3.63) is 23.8 Å². The molecule has 2 aliphatic rings. The molecule has 0 saturated carbocycles. The van der Waals surface area contributed by atoms with Gasteiger partial charge in [0.1, 0.15) is 0 Å². The number of hydrogen-bond donors (Lipinski definition) is 2. The molecule has 1 aromatic rings. The Kier molecular flexibility index (Phi) is 5.15. The van der Waals surface area contributed by atoms with Gasteiger partial charge in [-0.2, -0.15) is 0 Å². The lowest BCUT2D eigenvalue weighted by Gasteiger charge is -2.35. The van der Waals surface area contributed by atoms with Gasteiger partial charge in [-0.15, -0.1) is 0 Å². The molecular weight excluding hydrogens is 344 g/mol. The summed E-state index contributed by atoms with van der Waals surface area (Å²) >= 11 is 0. The van der Waals surface area contributed by atoms with Gasteiger partial charge in [0, 0.05) is 44.3 Å². The van der Waals surface area contributed by atoms with Crippen LogP contribution in [0.3, 0.4) is 0 Å². The van der Waals surface area contributed by atoms with Gasteiger partial charge in [-0.05, 0) is 43.0 Å². The number of nitrogens with zero attached hydrogens (tertiary/aromatic N) is 1. The highest BCUT2D eigenvalue weighted by molar-refractivity contribution is 7.89. The van der Waals surface area contributed by atoms with Crippen molar-refractivity contribution in [2.75, 3.05) is 38.3 Å². The molecule has 1 amide bonds. The average Bonchev–Trinajstić information content (AvgIpc) is 2.64. The minimum Gasteiger partial charge on any atom is -0.396 e. The maximum absolute atomic E-state index is 12.7. The summed E-state index contributed by atoms with van der Waals surface area (Å²) in [5, 5.41) is 9.69. The number of hydrogen-bond acceptors (Lipinski definition) is 5. The average molecular weight is 368 g/mol. The molecule has 8 heteroatoms. The molecule has 1 aromatic carbocycles. The van der Waals surface area contributed by atoms with E-state index in [-0.39, 0.29) is 24.0 Å². The van der Waals surface area contributed by atoms with Crippen molar-refractivity contribution in [3.8, 4) is 0 Å². The number of aliphatic hydroxyl groups excluding tert-OH is 1. The lowest BCUT2D eigenvalue weighted by atomic mass is 9.81. The molecule has 0 aliphatic carbocycles. The van der Waals surface area contributed by atoms with Crippen molar-refractivity contribution < 1.29 is 23.1 Å². The van der Waals surface area contributed by atoms with Crippen LogP contribution in [-0.4, -0.2) is 52.8 Å². The second-order valence-corrected chi connectivity index (χ2v) is 8.61. The molecule has 0 unspecified atom stereocenters. The van der Waals surface area contributed by atoms with Crippen LogP contribution >= 0.6 is 0 Å². The normalized spacial score (nSPS) is 20.4. The summed E-state index contributed by atoms with van der Waals surface area (Å²) in [7, 11) is -1.98. The molecule has 2 heterocycles. The minimum atomic E-state index is -3.68. The fourth-order valence-corrected chi connectivity index (χ4v) is 4.53. The smallest absolute Gasteiger partial charge is 0.240 e. The van der Waals surface area contributed by atoms with Crippen molar-refractivity contribution in [1.29, 1.82) is 0 Å². The van der Waals surface area contributed by atoms with E-state index in [2.05, 4.69) is 4.72 Å². The number of sulfonamides is 1. The van der Waals surface area contributed by atoms with Crippen LogP contribution in [0.2, 0.25) is 0 Å². The number of nitrogens with one attached hydrogen (secondary N) is 1. The highest BCUT2D eigenvalue weighted by Gasteiger charge is 2.33. The summed E-state index contributed by atoms with van der Waals surface area (Å²) in [4.78, 5) is 13.5. The van der Waals surface area contributed by atoms with E-state index in [0.717, 1.165) is 11.3 Å². The number of ether oxygens (including phenoxy) is 1. The number of anilines is 1. The van der Waals surface area contributed by atoms with Crippen LogP contribution in [0.5, 0.6) is 0 Å². The standard InChI is InChI=1S/C17H24N2O5S/c1-19-15-4-3-14(10-13(15)2-5-16(19)21)25(22,23)18-11-17(12-20)6-8-24-9-7-17/h3-4,10,18,20H,2,5-9,11-12H2,1H3. The van der Waals surface area contributed by atoms with E-state index >= 15 is 0 Å². The van der Waals surface area contributed by atoms with E-state index in [4.69, 9.17) is 4.74 Å². The molecule has 2 N–H and O–H groups in total. The Morgan fingerprint density at radius 3 is 2.68 bits per heavy atom. The second-order valence-electron chi connectivity index (χ2n) is 6.84. The third kappa shape index (κ3) is 3.72. The van der Waals surface area contributed by atoms with E-state index in [0.29, 0.717) is 38.9 Å². The molecule has 0 spiro atoms. The molecule has 1 fully saturated rings. The van der Waals surface area contributed by atoms with Crippen LogP contribution < -0.4 is 9.62 Å². The molecule has 0 radical (unpaired) electrons. The van der Waals surface area contributed by atoms with E-state index < -0.39 is 15.4 Å². The van der Waals surface area contributed by atoms with E-state index in [1.807, 2.05) is 0 Å². The Hall–Kier alpha value is -1.48. The van der Waals surface area contributed by atoms with Gasteiger partial charge in [0.05, 0.1) is 11.5 Å². The predicted molar refractivity (Wildman–Crippen MR) is 92.9 cm³/mol. The molecule has 1 saturated heterocycles. The Balaban J connectivity index is 1.77. The summed E-state index contributed by atoms with van der Waals surface area (Å²) in [5.41, 5.74) is 1.14. The van der Waals surface area contributed by atoms with Crippen molar-refractivity contribution in [1.82, 2.24) is 4.72 Å². The Morgan fingerprint density at radius 1 is 1.28 bits per heavy atom. The molecule has 0 bridgehead atoms. The van der Waals surface area contributed by atoms with Gasteiger partial charge in [-0.1, -0.05) is 0 Å². The molecule has 7 nitrogen and oxygen atoms in total. The Morgan fingerprint density at radius 2 is 2.00 bits per heavy atom. The Bertz CT molecular complexity index is 756. The number of rotatable bonds is 5. The summed E-state index contributed by atoms with van der Waals surface area (Å²) < 4.78 is 33.3. The lowest BCUT2D eigenvalue weighted by Crippen LogP contribution is -2.43. The molecule has 138 valence electrons. The number of aryl methyl sites for hydroxylation is 1. The van der Waals surface area contributed by atoms with E-state index in [1.54, 1.807) is 24.1 Å². The molecule has 25 heavy (non-hydrogen) atoms. The fraction of sp³-hybridized carbons (Fsp3) is 0.588. The third-order valence-electron chi connectivity index (χ3n) is 5.23. The third-order valence-corrected chi connectivity index (χ3v) is 6.63. The quantitative estimate of drug-likeness (QED) is 0.796. The van der Waals surface area contributed by atoms with Gasteiger partial charge in [0.25, 0.3) is 0 Å². The molecular formula is C17H24N2O5S. The first-order valence-corrected chi connectivity index (χ1v) is 9.93. The first-order valence-electron chi connectivity index (χ1n) is 8.45. The van der Waals surface area contributed by atoms with Crippen LogP contribution in [0.15, 0.2) is 23.1 Å². The number of carbonyl (C=O) groups excluding carboxylic acids is 1. The first-order chi connectivity index (χ1) is 11.9. The van der Waals surface area contributed by atoms with Gasteiger partial charge in [0.2, 0.25) is 15.9 Å². The minimum absolute atomic E-state index is 0.0330. The van der Waals surface area contributed by atoms with Crippen LogP contribution in [0.4, 0.5) is 5.69 Å². The van der Waals surface area contributed by atoms with Crippen molar-refractivity contribution >= 4 is 21.6 Å². The Labute approximate surface area is 148 Å². The summed E-state index contributed by atoms with van der Waals surface area (Å²) in [6.45, 7) is 1.17. The zero-order valence-electron chi connectivity index (χ0n) is 14.3. The SMILES string of the molecule is CN1C(=O)CCc2cc(S(=O)(=O)NCC3(CO)CCOCC3)ccc21. The van der Waals surface area contributed by atoms with Crippen molar-refractivity contribution in [2.45, 2.75) is 30.6 Å². The van der Waals surface area contributed by atoms with Gasteiger partial charge < -0.3 is 14.7 Å². The number of aliphatic hydroxyl groups is 1. The summed E-state index contributed by atoms with van der Waals surface area (Å²) in [5.74, 6) is 0.0330. The molecule has 3 rings (SSSR count).